The predicted molar refractivity (Wildman–Crippen MR) is 74.5 cm³/mol. The minimum Gasteiger partial charge on any atom is -0.354 e. The van der Waals surface area contributed by atoms with Crippen LogP contribution in [-0.4, -0.2) is 53.7 Å². The van der Waals surface area contributed by atoms with E-state index in [9.17, 15) is 21.6 Å². The number of carbonyl (C=O) groups excluding carboxylic acids is 1. The van der Waals surface area contributed by atoms with E-state index in [4.69, 9.17) is 0 Å². The molecule has 0 bridgehead atoms. The Balaban J connectivity index is 2.31. The summed E-state index contributed by atoms with van der Waals surface area (Å²) in [4.78, 5) is 11.2. The highest BCUT2D eigenvalue weighted by molar-refractivity contribution is 7.89. The van der Waals surface area contributed by atoms with Gasteiger partial charge < -0.3 is 5.32 Å². The molecule has 0 unspecified atom stereocenters. The molecular weight excluding hydrogens is 318 g/mol. The zero-order valence-electron chi connectivity index (χ0n) is 11.2. The zero-order valence-corrected chi connectivity index (χ0v) is 12.9. The standard InChI is InChI=1S/C11H15N3O5S2/c1-12-20(16,17)9-2-4-10(5-3-9)21(18,19)14-7-6-13-11(15)8-14/h2-5,12H,6-8H2,1H3,(H,13,15). The van der Waals surface area contributed by atoms with Gasteiger partial charge in [0.1, 0.15) is 0 Å². The predicted octanol–water partition coefficient (Wildman–Crippen LogP) is -1.28. The third-order valence-corrected chi connectivity index (χ3v) is 6.33. The molecule has 1 aliphatic rings. The number of nitrogens with zero attached hydrogens (tertiary/aromatic N) is 1. The first-order valence-corrected chi connectivity index (χ1v) is 9.00. The number of benzene rings is 1. The molecule has 1 aromatic rings. The lowest BCUT2D eigenvalue weighted by Crippen LogP contribution is -2.49. The fraction of sp³-hybridized carbons (Fsp3) is 0.364. The molecule has 0 spiro atoms. The van der Waals surface area contributed by atoms with E-state index >= 15 is 0 Å². The van der Waals surface area contributed by atoms with Gasteiger partial charge in [-0.3, -0.25) is 4.79 Å². The highest BCUT2D eigenvalue weighted by atomic mass is 32.2. The van der Waals surface area contributed by atoms with Crippen molar-refractivity contribution in [2.45, 2.75) is 9.79 Å². The van der Waals surface area contributed by atoms with E-state index in [1.54, 1.807) is 0 Å². The summed E-state index contributed by atoms with van der Waals surface area (Å²) in [5, 5.41) is 2.54. The SMILES string of the molecule is CNS(=O)(=O)c1ccc(S(=O)(=O)N2CCNC(=O)C2)cc1. The van der Waals surface area contributed by atoms with Crippen molar-refractivity contribution >= 4 is 26.0 Å². The fourth-order valence-electron chi connectivity index (χ4n) is 1.88. The van der Waals surface area contributed by atoms with Crippen molar-refractivity contribution in [2.75, 3.05) is 26.7 Å². The number of hydrogen-bond acceptors (Lipinski definition) is 5. The van der Waals surface area contributed by atoms with Crippen molar-refractivity contribution in [3.8, 4) is 0 Å². The van der Waals surface area contributed by atoms with Gasteiger partial charge in [0.25, 0.3) is 0 Å². The molecule has 2 rings (SSSR count). The monoisotopic (exact) mass is 333 g/mol. The summed E-state index contributed by atoms with van der Waals surface area (Å²) in [6, 6.07) is 4.85. The molecule has 1 amide bonds. The summed E-state index contributed by atoms with van der Waals surface area (Å²) in [7, 11) is -6.15. The maximum atomic E-state index is 12.3. The average Bonchev–Trinajstić information content (AvgIpc) is 2.47. The first kappa shape index (κ1) is 15.9. The van der Waals surface area contributed by atoms with E-state index in [-0.39, 0.29) is 35.3 Å². The van der Waals surface area contributed by atoms with Crippen LogP contribution >= 0.6 is 0 Å². The largest absolute Gasteiger partial charge is 0.354 e. The molecule has 1 aromatic carbocycles. The maximum absolute atomic E-state index is 12.3. The topological polar surface area (TPSA) is 113 Å². The molecule has 21 heavy (non-hydrogen) atoms. The van der Waals surface area contributed by atoms with Gasteiger partial charge in [-0.05, 0) is 31.3 Å². The number of sulfonamides is 2. The molecule has 1 aliphatic heterocycles. The first-order chi connectivity index (χ1) is 9.77. The molecule has 1 heterocycles. The number of piperazine rings is 1. The van der Waals surface area contributed by atoms with Crippen molar-refractivity contribution in [1.29, 1.82) is 0 Å². The molecular formula is C11H15N3O5S2. The lowest BCUT2D eigenvalue weighted by Gasteiger charge is -2.25. The van der Waals surface area contributed by atoms with Gasteiger partial charge in [0.05, 0.1) is 16.3 Å². The lowest BCUT2D eigenvalue weighted by molar-refractivity contribution is -0.122. The Morgan fingerprint density at radius 3 is 2.19 bits per heavy atom. The van der Waals surface area contributed by atoms with Crippen LogP contribution in [0.3, 0.4) is 0 Å². The van der Waals surface area contributed by atoms with Gasteiger partial charge in [0.2, 0.25) is 26.0 Å². The molecule has 116 valence electrons. The van der Waals surface area contributed by atoms with E-state index in [0.717, 1.165) is 4.31 Å². The van der Waals surface area contributed by atoms with Crippen molar-refractivity contribution in [3.05, 3.63) is 24.3 Å². The summed E-state index contributed by atoms with van der Waals surface area (Å²) in [6.45, 7) is 0.202. The quantitative estimate of drug-likeness (QED) is 0.712. The maximum Gasteiger partial charge on any atom is 0.243 e. The van der Waals surface area contributed by atoms with Crippen LogP contribution in [0, 0.1) is 0 Å². The van der Waals surface area contributed by atoms with Crippen LogP contribution in [0.15, 0.2) is 34.1 Å². The van der Waals surface area contributed by atoms with Crippen LogP contribution in [0.5, 0.6) is 0 Å². The first-order valence-electron chi connectivity index (χ1n) is 6.08. The van der Waals surface area contributed by atoms with Gasteiger partial charge in [-0.15, -0.1) is 0 Å². The zero-order chi connectivity index (χ0) is 15.7. The van der Waals surface area contributed by atoms with Gasteiger partial charge in [0.15, 0.2) is 0 Å². The van der Waals surface area contributed by atoms with Crippen LogP contribution in [0.25, 0.3) is 0 Å². The summed E-state index contributed by atoms with van der Waals surface area (Å²) < 4.78 is 51.1. The Kier molecular flexibility index (Phi) is 4.33. The summed E-state index contributed by atoms with van der Waals surface area (Å²) >= 11 is 0. The van der Waals surface area contributed by atoms with Gasteiger partial charge in [-0.25, -0.2) is 21.6 Å². The number of nitrogens with one attached hydrogen (secondary N) is 2. The average molecular weight is 333 g/mol. The Morgan fingerprint density at radius 1 is 1.10 bits per heavy atom. The van der Waals surface area contributed by atoms with Crippen LogP contribution < -0.4 is 10.0 Å². The Hall–Kier alpha value is -1.49. The molecule has 0 saturated carbocycles. The summed E-state index contributed by atoms with van der Waals surface area (Å²) in [5.41, 5.74) is 0. The molecule has 1 fully saturated rings. The highest BCUT2D eigenvalue weighted by Crippen LogP contribution is 2.18. The van der Waals surface area contributed by atoms with E-state index in [1.807, 2.05) is 0 Å². The minimum atomic E-state index is -3.81. The van der Waals surface area contributed by atoms with Crippen molar-refractivity contribution in [1.82, 2.24) is 14.3 Å². The second-order valence-electron chi connectivity index (χ2n) is 4.37. The fourth-order valence-corrected chi connectivity index (χ4v) is 4.01. The second-order valence-corrected chi connectivity index (χ2v) is 8.19. The lowest BCUT2D eigenvalue weighted by atomic mass is 10.4. The number of amides is 1. The second kappa shape index (κ2) is 5.72. The van der Waals surface area contributed by atoms with E-state index in [0.29, 0.717) is 0 Å². The van der Waals surface area contributed by atoms with Crippen molar-refractivity contribution in [3.63, 3.8) is 0 Å². The summed E-state index contributed by atoms with van der Waals surface area (Å²) in [5.74, 6) is -0.362. The van der Waals surface area contributed by atoms with Gasteiger partial charge in [-0.1, -0.05) is 0 Å². The Morgan fingerprint density at radius 2 is 1.67 bits per heavy atom. The summed E-state index contributed by atoms with van der Waals surface area (Å²) in [6.07, 6.45) is 0. The van der Waals surface area contributed by atoms with Gasteiger partial charge in [-0.2, -0.15) is 4.31 Å². The van der Waals surface area contributed by atoms with E-state index < -0.39 is 20.0 Å². The smallest absolute Gasteiger partial charge is 0.243 e. The van der Waals surface area contributed by atoms with E-state index in [1.165, 1.54) is 31.3 Å². The Labute approximate surface area is 123 Å². The third-order valence-electron chi connectivity index (χ3n) is 3.04. The van der Waals surface area contributed by atoms with Crippen molar-refractivity contribution in [2.24, 2.45) is 0 Å². The molecule has 8 nitrogen and oxygen atoms in total. The number of hydrogen-bond donors (Lipinski definition) is 2. The number of rotatable bonds is 4. The number of carbonyl (C=O) groups is 1. The molecule has 0 aliphatic carbocycles. The molecule has 0 atom stereocenters. The molecule has 1 saturated heterocycles. The van der Waals surface area contributed by atoms with Crippen LogP contribution in [0.4, 0.5) is 0 Å². The van der Waals surface area contributed by atoms with Gasteiger partial charge >= 0.3 is 0 Å². The Bertz CT molecular complexity index is 741. The molecule has 0 aromatic heterocycles. The molecule has 10 heteroatoms. The molecule has 0 radical (unpaired) electrons. The minimum absolute atomic E-state index is 0.0275. The van der Waals surface area contributed by atoms with Crippen molar-refractivity contribution < 1.29 is 21.6 Å². The highest BCUT2D eigenvalue weighted by Gasteiger charge is 2.29. The third kappa shape index (κ3) is 3.23. The normalized spacial score (nSPS) is 17.5. The van der Waals surface area contributed by atoms with Crippen LogP contribution in [0.1, 0.15) is 0 Å². The molecule has 2 N–H and O–H groups in total. The van der Waals surface area contributed by atoms with Crippen LogP contribution in [-0.2, 0) is 24.8 Å². The van der Waals surface area contributed by atoms with Gasteiger partial charge in [0, 0.05) is 13.1 Å². The van der Waals surface area contributed by atoms with Crippen LogP contribution in [0.2, 0.25) is 0 Å². The van der Waals surface area contributed by atoms with E-state index in [2.05, 4.69) is 10.0 Å².